The number of carbonyl (C=O) groups is 1. The summed E-state index contributed by atoms with van der Waals surface area (Å²) < 4.78 is 5.28. The molecule has 0 aliphatic carbocycles. The average Bonchev–Trinajstić information content (AvgIpc) is 2.53. The molecule has 0 spiro atoms. The van der Waals surface area contributed by atoms with E-state index in [2.05, 4.69) is 18.7 Å². The lowest BCUT2D eigenvalue weighted by atomic mass is 10.1. The van der Waals surface area contributed by atoms with Crippen molar-refractivity contribution in [2.24, 2.45) is 0 Å². The van der Waals surface area contributed by atoms with Gasteiger partial charge in [-0.15, -0.1) is 0 Å². The predicted molar refractivity (Wildman–Crippen MR) is 84.6 cm³/mol. The summed E-state index contributed by atoms with van der Waals surface area (Å²) in [5.41, 5.74) is 6.93. The summed E-state index contributed by atoms with van der Waals surface area (Å²) in [7, 11) is 1.57. The molecule has 0 bridgehead atoms. The normalized spacial score (nSPS) is 17.6. The summed E-state index contributed by atoms with van der Waals surface area (Å²) in [6.07, 6.45) is 1.14. The van der Waals surface area contributed by atoms with Gasteiger partial charge in [-0.25, -0.2) is 0 Å². The van der Waals surface area contributed by atoms with Crippen molar-refractivity contribution in [3.05, 3.63) is 23.8 Å². The quantitative estimate of drug-likeness (QED) is 0.860. The van der Waals surface area contributed by atoms with Crippen LogP contribution in [0.5, 0.6) is 5.75 Å². The standard InChI is InChI=1S/C16H25N3O2/c1-4-12(2)18-7-9-19(10-8-18)16(20)14-11-13(17)5-6-15(14)21-3/h5-6,11-12H,4,7-10,17H2,1-3H3. The van der Waals surface area contributed by atoms with Crippen molar-refractivity contribution in [2.45, 2.75) is 26.3 Å². The predicted octanol–water partition coefficient (Wildman–Crippen LogP) is 1.83. The Hall–Kier alpha value is -1.75. The lowest BCUT2D eigenvalue weighted by Crippen LogP contribution is -2.51. The number of nitrogen functional groups attached to an aromatic ring is 1. The first kappa shape index (κ1) is 15.6. The minimum absolute atomic E-state index is 0.00273. The molecule has 5 nitrogen and oxygen atoms in total. The van der Waals surface area contributed by atoms with E-state index in [1.165, 1.54) is 0 Å². The molecule has 116 valence electrons. The van der Waals surface area contributed by atoms with Gasteiger partial charge in [-0.1, -0.05) is 6.92 Å². The molecule has 1 amide bonds. The maximum atomic E-state index is 12.6. The number of nitrogens with two attached hydrogens (primary N) is 1. The van der Waals surface area contributed by atoms with Gasteiger partial charge < -0.3 is 15.4 Å². The Morgan fingerprint density at radius 2 is 2.00 bits per heavy atom. The molecular formula is C16H25N3O2. The number of rotatable bonds is 4. The summed E-state index contributed by atoms with van der Waals surface area (Å²) in [5, 5.41) is 0. The summed E-state index contributed by atoms with van der Waals surface area (Å²) in [5.74, 6) is 0.585. The minimum Gasteiger partial charge on any atom is -0.496 e. The van der Waals surface area contributed by atoms with Gasteiger partial charge in [-0.3, -0.25) is 9.69 Å². The van der Waals surface area contributed by atoms with Crippen LogP contribution in [-0.4, -0.2) is 55.0 Å². The second-order valence-electron chi connectivity index (χ2n) is 5.55. The smallest absolute Gasteiger partial charge is 0.257 e. The minimum atomic E-state index is 0.00273. The van der Waals surface area contributed by atoms with Gasteiger partial charge in [0.25, 0.3) is 5.91 Å². The zero-order valence-electron chi connectivity index (χ0n) is 13.1. The maximum absolute atomic E-state index is 12.6. The van der Waals surface area contributed by atoms with Crippen LogP contribution in [0, 0.1) is 0 Å². The number of anilines is 1. The van der Waals surface area contributed by atoms with Crippen LogP contribution in [0.2, 0.25) is 0 Å². The zero-order valence-corrected chi connectivity index (χ0v) is 13.1. The first-order valence-electron chi connectivity index (χ1n) is 7.53. The highest BCUT2D eigenvalue weighted by molar-refractivity contribution is 5.97. The molecule has 5 heteroatoms. The fourth-order valence-electron chi connectivity index (χ4n) is 2.69. The van der Waals surface area contributed by atoms with Crippen molar-refractivity contribution in [1.29, 1.82) is 0 Å². The van der Waals surface area contributed by atoms with E-state index in [9.17, 15) is 4.79 Å². The van der Waals surface area contributed by atoms with Gasteiger partial charge in [0.05, 0.1) is 12.7 Å². The van der Waals surface area contributed by atoms with Crippen LogP contribution in [0.4, 0.5) is 5.69 Å². The number of piperazine rings is 1. The van der Waals surface area contributed by atoms with Crippen molar-refractivity contribution >= 4 is 11.6 Å². The summed E-state index contributed by atoms with van der Waals surface area (Å²) in [6, 6.07) is 5.76. The number of amides is 1. The van der Waals surface area contributed by atoms with Gasteiger partial charge in [0.2, 0.25) is 0 Å². The second-order valence-corrected chi connectivity index (χ2v) is 5.55. The summed E-state index contributed by atoms with van der Waals surface area (Å²) in [4.78, 5) is 17.0. The Kier molecular flexibility index (Phi) is 5.07. The first-order valence-corrected chi connectivity index (χ1v) is 7.53. The van der Waals surface area contributed by atoms with Gasteiger partial charge in [0.1, 0.15) is 5.75 Å². The Labute approximate surface area is 126 Å². The monoisotopic (exact) mass is 291 g/mol. The van der Waals surface area contributed by atoms with Crippen molar-refractivity contribution in [1.82, 2.24) is 9.80 Å². The SMILES string of the molecule is CCC(C)N1CCN(C(=O)c2cc(N)ccc2OC)CC1. The highest BCUT2D eigenvalue weighted by Crippen LogP contribution is 2.23. The zero-order chi connectivity index (χ0) is 15.4. The maximum Gasteiger partial charge on any atom is 0.257 e. The number of hydrogen-bond acceptors (Lipinski definition) is 4. The summed E-state index contributed by atoms with van der Waals surface area (Å²) >= 11 is 0. The molecule has 1 atom stereocenters. The van der Waals surface area contributed by atoms with Crippen molar-refractivity contribution in [3.8, 4) is 5.75 Å². The third-order valence-corrected chi connectivity index (χ3v) is 4.27. The molecular weight excluding hydrogens is 266 g/mol. The molecule has 1 aromatic carbocycles. The Morgan fingerprint density at radius 3 is 2.57 bits per heavy atom. The topological polar surface area (TPSA) is 58.8 Å². The Morgan fingerprint density at radius 1 is 1.33 bits per heavy atom. The molecule has 1 aliphatic rings. The van der Waals surface area contributed by atoms with Crippen LogP contribution in [0.1, 0.15) is 30.6 Å². The van der Waals surface area contributed by atoms with Crippen molar-refractivity contribution in [2.75, 3.05) is 39.0 Å². The number of carbonyl (C=O) groups excluding carboxylic acids is 1. The van der Waals surface area contributed by atoms with Gasteiger partial charge in [0.15, 0.2) is 0 Å². The van der Waals surface area contributed by atoms with Gasteiger partial charge in [-0.05, 0) is 31.5 Å². The van der Waals surface area contributed by atoms with Crippen LogP contribution < -0.4 is 10.5 Å². The van der Waals surface area contributed by atoms with Crippen LogP contribution in [0.25, 0.3) is 0 Å². The Balaban J connectivity index is 2.07. The molecule has 1 fully saturated rings. The molecule has 1 saturated heterocycles. The molecule has 2 N–H and O–H groups in total. The van der Waals surface area contributed by atoms with Crippen LogP contribution in [-0.2, 0) is 0 Å². The van der Waals surface area contributed by atoms with E-state index < -0.39 is 0 Å². The van der Waals surface area contributed by atoms with Gasteiger partial charge in [-0.2, -0.15) is 0 Å². The molecule has 1 heterocycles. The third-order valence-electron chi connectivity index (χ3n) is 4.27. The van der Waals surface area contributed by atoms with Crippen LogP contribution in [0.15, 0.2) is 18.2 Å². The third kappa shape index (κ3) is 3.47. The van der Waals surface area contributed by atoms with E-state index >= 15 is 0 Å². The first-order chi connectivity index (χ1) is 10.1. The van der Waals surface area contributed by atoms with E-state index in [0.29, 0.717) is 23.0 Å². The average molecular weight is 291 g/mol. The number of ether oxygens (including phenoxy) is 1. The summed E-state index contributed by atoms with van der Waals surface area (Å²) in [6.45, 7) is 7.78. The largest absolute Gasteiger partial charge is 0.496 e. The number of nitrogens with zero attached hydrogens (tertiary/aromatic N) is 2. The lowest BCUT2D eigenvalue weighted by molar-refractivity contribution is 0.0577. The number of benzene rings is 1. The van der Waals surface area contributed by atoms with Crippen LogP contribution in [0.3, 0.4) is 0 Å². The van der Waals surface area contributed by atoms with E-state index in [1.54, 1.807) is 25.3 Å². The van der Waals surface area contributed by atoms with E-state index in [-0.39, 0.29) is 5.91 Å². The molecule has 0 saturated carbocycles. The van der Waals surface area contributed by atoms with E-state index in [0.717, 1.165) is 32.6 Å². The number of methoxy groups -OCH3 is 1. The molecule has 0 radical (unpaired) electrons. The Bertz CT molecular complexity index is 496. The fourth-order valence-corrected chi connectivity index (χ4v) is 2.69. The van der Waals surface area contributed by atoms with E-state index in [4.69, 9.17) is 10.5 Å². The van der Waals surface area contributed by atoms with E-state index in [1.807, 2.05) is 4.90 Å². The molecule has 0 aromatic heterocycles. The highest BCUT2D eigenvalue weighted by atomic mass is 16.5. The van der Waals surface area contributed by atoms with Gasteiger partial charge in [0, 0.05) is 37.9 Å². The van der Waals surface area contributed by atoms with Gasteiger partial charge >= 0.3 is 0 Å². The molecule has 1 aromatic rings. The fraction of sp³-hybridized carbons (Fsp3) is 0.562. The second kappa shape index (κ2) is 6.80. The molecule has 2 rings (SSSR count). The van der Waals surface area contributed by atoms with Crippen LogP contribution >= 0.6 is 0 Å². The molecule has 1 aliphatic heterocycles. The lowest BCUT2D eigenvalue weighted by Gasteiger charge is -2.38. The highest BCUT2D eigenvalue weighted by Gasteiger charge is 2.25. The number of hydrogen-bond donors (Lipinski definition) is 1. The molecule has 1 unspecified atom stereocenters. The van der Waals surface area contributed by atoms with Crippen molar-refractivity contribution < 1.29 is 9.53 Å². The molecule has 21 heavy (non-hydrogen) atoms. The van der Waals surface area contributed by atoms with Crippen molar-refractivity contribution in [3.63, 3.8) is 0 Å².